The molecule has 0 aliphatic heterocycles. The van der Waals surface area contributed by atoms with Gasteiger partial charge in [0.05, 0.1) is 5.69 Å². The zero-order chi connectivity index (χ0) is 41.6. The second kappa shape index (κ2) is 17.5. The third kappa shape index (κ3) is 7.53. The van der Waals surface area contributed by atoms with E-state index in [1.165, 1.54) is 64.1 Å². The fourth-order valence-corrected chi connectivity index (χ4v) is 12.5. The predicted octanol–water partition coefficient (Wildman–Crippen LogP) is 17.2. The maximum absolute atomic E-state index is 2.41. The van der Waals surface area contributed by atoms with E-state index in [1.807, 2.05) is 0 Å². The number of benzene rings is 10. The van der Waals surface area contributed by atoms with Crippen LogP contribution in [0.25, 0.3) is 44.5 Å². The number of nitrogens with zero attached hydrogens (tertiary/aromatic N) is 1. The molecule has 10 aromatic carbocycles. The highest BCUT2D eigenvalue weighted by Gasteiger charge is 2.33. The van der Waals surface area contributed by atoms with Crippen molar-refractivity contribution in [1.29, 1.82) is 0 Å². The first-order chi connectivity index (χ1) is 30.8. The number of rotatable bonds is 11. The second-order valence-electron chi connectivity index (χ2n) is 15.3. The van der Waals surface area contributed by atoms with Gasteiger partial charge in [-0.3, -0.25) is 0 Å². The minimum absolute atomic E-state index is 1.08. The van der Waals surface area contributed by atoms with E-state index < -0.39 is 10.0 Å². The molecule has 0 amide bonds. The largest absolute Gasteiger partial charge is 0.310 e. The average molecular weight is 812 g/mol. The molecule has 0 bridgehead atoms. The third-order valence-electron chi connectivity index (χ3n) is 11.6. The summed E-state index contributed by atoms with van der Waals surface area (Å²) in [5.41, 5.74) is 12.7. The Hall–Kier alpha value is -7.65. The molecule has 0 atom stereocenters. The van der Waals surface area contributed by atoms with Crippen molar-refractivity contribution in [1.82, 2.24) is 0 Å². The van der Waals surface area contributed by atoms with Crippen molar-refractivity contribution in [2.24, 2.45) is 0 Å². The smallest absolute Gasteiger partial charge is 0.0546 e. The number of anilines is 3. The Morgan fingerprint density at radius 2 is 0.516 bits per heavy atom. The lowest BCUT2D eigenvalue weighted by molar-refractivity contribution is 1.24. The van der Waals surface area contributed by atoms with Crippen LogP contribution in [0.3, 0.4) is 0 Å². The molecule has 0 saturated heterocycles. The van der Waals surface area contributed by atoms with E-state index in [4.69, 9.17) is 0 Å². The van der Waals surface area contributed by atoms with Gasteiger partial charge in [0.15, 0.2) is 0 Å². The van der Waals surface area contributed by atoms with Crippen molar-refractivity contribution in [3.63, 3.8) is 0 Å². The predicted molar refractivity (Wildman–Crippen MR) is 263 cm³/mol. The zero-order valence-corrected chi connectivity index (χ0v) is 35.2. The summed E-state index contributed by atoms with van der Waals surface area (Å²) in [7, 11) is -1.77. The summed E-state index contributed by atoms with van der Waals surface area (Å²) >= 11 is 0. The minimum Gasteiger partial charge on any atom is -0.310 e. The van der Waals surface area contributed by atoms with Crippen molar-refractivity contribution in [2.75, 3.05) is 4.90 Å². The number of hydrogen-bond acceptors (Lipinski definition) is 1. The normalized spacial score (nSPS) is 11.5. The van der Waals surface area contributed by atoms with Crippen LogP contribution in [0.1, 0.15) is 0 Å². The summed E-state index contributed by atoms with van der Waals surface area (Å²) in [5.74, 6) is 0. The van der Waals surface area contributed by atoms with Crippen molar-refractivity contribution >= 4 is 27.1 Å². The molecule has 10 rings (SSSR count). The first kappa shape index (κ1) is 38.5. The molecule has 0 heterocycles. The van der Waals surface area contributed by atoms with Crippen LogP contribution in [-0.2, 0) is 0 Å². The fourth-order valence-electron chi connectivity index (χ4n) is 8.59. The maximum Gasteiger partial charge on any atom is 0.0546 e. The Labute approximate surface area is 367 Å². The molecule has 296 valence electrons. The lowest BCUT2D eigenvalue weighted by Crippen LogP contribution is -2.11. The van der Waals surface area contributed by atoms with Gasteiger partial charge < -0.3 is 4.90 Å². The lowest BCUT2D eigenvalue weighted by Gasteiger charge is -2.42. The van der Waals surface area contributed by atoms with Gasteiger partial charge in [-0.1, -0.05) is 194 Å². The van der Waals surface area contributed by atoms with E-state index in [0.717, 1.165) is 17.1 Å². The van der Waals surface area contributed by atoms with Crippen LogP contribution in [0.5, 0.6) is 0 Å². The van der Waals surface area contributed by atoms with Crippen LogP contribution in [-0.4, -0.2) is 0 Å². The lowest BCUT2D eigenvalue weighted by atomic mass is 9.96. The SMILES string of the molecule is c1ccc(-c2ccc(N(c3ccc(-c4ccc(S(c5ccccc5)(c5ccccc5)c5ccccc5)cc4)cc3)c3cc(-c4ccccc4)ccc3-c3ccccc3)cc2)cc1. The molecule has 1 nitrogen and oxygen atoms in total. The Kier molecular flexibility index (Phi) is 10.9. The fraction of sp³-hybridized carbons (Fsp3) is 0. The van der Waals surface area contributed by atoms with E-state index in [1.54, 1.807) is 0 Å². The Bertz CT molecular complexity index is 2890. The van der Waals surface area contributed by atoms with Crippen LogP contribution in [0.15, 0.2) is 293 Å². The summed E-state index contributed by atoms with van der Waals surface area (Å²) < 4.78 is 0. The molecule has 2 heteroatoms. The molecule has 0 spiro atoms. The van der Waals surface area contributed by atoms with Gasteiger partial charge in [-0.2, -0.15) is 0 Å². The molecule has 62 heavy (non-hydrogen) atoms. The second-order valence-corrected chi connectivity index (χ2v) is 18.4. The van der Waals surface area contributed by atoms with Gasteiger partial charge >= 0.3 is 0 Å². The van der Waals surface area contributed by atoms with Gasteiger partial charge in [-0.05, 0) is 118 Å². The van der Waals surface area contributed by atoms with E-state index >= 15 is 0 Å². The summed E-state index contributed by atoms with van der Waals surface area (Å²) in [4.78, 5) is 7.67. The molecular weight excluding hydrogens is 767 g/mol. The molecule has 0 aliphatic rings. The van der Waals surface area contributed by atoms with Crippen LogP contribution in [0, 0.1) is 0 Å². The molecule has 0 aliphatic carbocycles. The van der Waals surface area contributed by atoms with E-state index in [-0.39, 0.29) is 0 Å². The van der Waals surface area contributed by atoms with Gasteiger partial charge in [0, 0.05) is 36.5 Å². The van der Waals surface area contributed by atoms with Crippen molar-refractivity contribution in [2.45, 2.75) is 19.6 Å². The standard InChI is InChI=1S/C60H45NS/c1-7-19-46(20-8-1)48-31-38-53(39-32-48)61(60-45-52(47-21-9-2-10-22-47)37-44-59(60)51-23-11-3-12-24-51)54-40-33-49(34-41-54)50-35-42-58(43-36-50)62(55-25-13-4-14-26-55,56-27-15-5-16-28-56)57-29-17-6-18-30-57/h1-45H. The van der Waals surface area contributed by atoms with Gasteiger partial charge in [-0.25, -0.2) is 0 Å². The molecule has 0 saturated carbocycles. The van der Waals surface area contributed by atoms with E-state index in [2.05, 4.69) is 278 Å². The molecule has 10 aromatic rings. The third-order valence-corrected chi connectivity index (χ3v) is 15.5. The quantitative estimate of drug-likeness (QED) is 0.126. The summed E-state index contributed by atoms with van der Waals surface area (Å²) in [5, 5.41) is 0. The molecule has 0 fully saturated rings. The summed E-state index contributed by atoms with van der Waals surface area (Å²) in [6, 6.07) is 99.3. The topological polar surface area (TPSA) is 3.24 Å². The van der Waals surface area contributed by atoms with E-state index in [9.17, 15) is 0 Å². The van der Waals surface area contributed by atoms with Crippen LogP contribution >= 0.6 is 10.0 Å². The Morgan fingerprint density at radius 3 is 0.919 bits per heavy atom. The highest BCUT2D eigenvalue weighted by Crippen LogP contribution is 2.73. The summed E-state index contributed by atoms with van der Waals surface area (Å²) in [6.45, 7) is 0. The van der Waals surface area contributed by atoms with Gasteiger partial charge in [0.1, 0.15) is 0 Å². The molecule has 0 unspecified atom stereocenters. The monoisotopic (exact) mass is 811 g/mol. The molecule has 0 radical (unpaired) electrons. The maximum atomic E-state index is 2.41. The van der Waals surface area contributed by atoms with Crippen LogP contribution in [0.4, 0.5) is 17.1 Å². The molecular formula is C60H45NS. The van der Waals surface area contributed by atoms with E-state index in [0.29, 0.717) is 0 Å². The minimum atomic E-state index is -1.77. The Balaban J connectivity index is 1.08. The zero-order valence-electron chi connectivity index (χ0n) is 34.3. The van der Waals surface area contributed by atoms with Gasteiger partial charge in [-0.15, -0.1) is 10.0 Å². The van der Waals surface area contributed by atoms with Gasteiger partial charge in [0.2, 0.25) is 0 Å². The first-order valence-electron chi connectivity index (χ1n) is 21.2. The Morgan fingerprint density at radius 1 is 0.226 bits per heavy atom. The van der Waals surface area contributed by atoms with Crippen LogP contribution in [0.2, 0.25) is 0 Å². The highest BCUT2D eigenvalue weighted by atomic mass is 32.3. The van der Waals surface area contributed by atoms with Crippen molar-refractivity contribution < 1.29 is 0 Å². The van der Waals surface area contributed by atoms with Gasteiger partial charge in [0.25, 0.3) is 0 Å². The van der Waals surface area contributed by atoms with Crippen molar-refractivity contribution in [3.05, 3.63) is 273 Å². The number of hydrogen-bond donors (Lipinski definition) is 0. The average Bonchev–Trinajstić information content (AvgIpc) is 3.37. The molecule has 0 N–H and O–H groups in total. The highest BCUT2D eigenvalue weighted by molar-refractivity contribution is 8.34. The van der Waals surface area contributed by atoms with Crippen LogP contribution < -0.4 is 4.90 Å². The molecule has 0 aromatic heterocycles. The summed E-state index contributed by atoms with van der Waals surface area (Å²) in [6.07, 6.45) is 0. The first-order valence-corrected chi connectivity index (χ1v) is 22.8. The van der Waals surface area contributed by atoms with Crippen molar-refractivity contribution in [3.8, 4) is 44.5 Å².